The highest BCUT2D eigenvalue weighted by atomic mass is 19.1. The summed E-state index contributed by atoms with van der Waals surface area (Å²) in [7, 11) is 1.71. The molecule has 7 heteroatoms. The van der Waals surface area contributed by atoms with Crippen molar-refractivity contribution in [2.75, 3.05) is 26.8 Å². The van der Waals surface area contributed by atoms with Crippen LogP contribution in [0.1, 0.15) is 50.4 Å². The van der Waals surface area contributed by atoms with Crippen LogP contribution in [0.25, 0.3) is 0 Å². The van der Waals surface area contributed by atoms with Crippen LogP contribution in [-0.4, -0.2) is 37.6 Å². The number of fused-ring (bicyclic) bond motifs is 1. The summed E-state index contributed by atoms with van der Waals surface area (Å²) in [5.74, 6) is 0.334. The Labute approximate surface area is 182 Å². The summed E-state index contributed by atoms with van der Waals surface area (Å²) < 4.78 is 39.1. The maximum absolute atomic E-state index is 14.1. The second-order valence-corrected chi connectivity index (χ2v) is 8.30. The Kier molecular flexibility index (Phi) is 7.49. The molecule has 1 aliphatic heterocycles. The van der Waals surface area contributed by atoms with Crippen molar-refractivity contribution in [2.45, 2.75) is 39.3 Å². The summed E-state index contributed by atoms with van der Waals surface area (Å²) in [6.45, 7) is 7.06. The lowest BCUT2D eigenvalue weighted by molar-refractivity contribution is -0.123. The van der Waals surface area contributed by atoms with Crippen molar-refractivity contribution in [1.82, 2.24) is 10.2 Å². The molecule has 2 unspecified atom stereocenters. The van der Waals surface area contributed by atoms with Crippen molar-refractivity contribution >= 4 is 5.91 Å². The Bertz CT molecular complexity index is 920. The zero-order valence-corrected chi connectivity index (χ0v) is 18.5. The first-order chi connectivity index (χ1) is 14.8. The van der Waals surface area contributed by atoms with Gasteiger partial charge in [0.25, 0.3) is 0 Å². The van der Waals surface area contributed by atoms with Crippen molar-refractivity contribution < 1.29 is 23.0 Å². The number of hydrogen-bond acceptors (Lipinski definition) is 4. The molecule has 168 valence electrons. The topological polar surface area (TPSA) is 50.8 Å². The predicted molar refractivity (Wildman–Crippen MR) is 115 cm³/mol. The van der Waals surface area contributed by atoms with Crippen LogP contribution in [0.5, 0.6) is 11.5 Å². The van der Waals surface area contributed by atoms with E-state index in [4.69, 9.17) is 9.47 Å². The number of nitrogens with zero attached hydrogens (tertiary/aromatic N) is 1. The minimum absolute atomic E-state index is 0.0465. The van der Waals surface area contributed by atoms with E-state index in [1.54, 1.807) is 18.9 Å². The number of halogens is 2. The van der Waals surface area contributed by atoms with Crippen LogP contribution in [-0.2, 0) is 4.79 Å². The molecule has 0 fully saturated rings. The van der Waals surface area contributed by atoms with Crippen LogP contribution < -0.4 is 14.8 Å². The number of carbonyl (C=O) groups is 1. The Morgan fingerprint density at radius 1 is 1.06 bits per heavy atom. The maximum atomic E-state index is 14.1. The average Bonchev–Trinajstić information content (AvgIpc) is 2.97. The first kappa shape index (κ1) is 23.0. The summed E-state index contributed by atoms with van der Waals surface area (Å²) >= 11 is 0. The van der Waals surface area contributed by atoms with Gasteiger partial charge in [0.15, 0.2) is 11.5 Å². The highest BCUT2D eigenvalue weighted by Gasteiger charge is 2.23. The fourth-order valence-electron chi connectivity index (χ4n) is 3.66. The number of likely N-dealkylation sites (N-methyl/N-ethyl adjacent to an activating group) is 1. The minimum atomic E-state index is -0.504. The van der Waals surface area contributed by atoms with Crippen molar-refractivity contribution in [3.63, 3.8) is 0 Å². The van der Waals surface area contributed by atoms with Crippen molar-refractivity contribution in [3.05, 3.63) is 59.2 Å². The molecule has 0 spiro atoms. The molecule has 0 bridgehead atoms. The smallest absolute Gasteiger partial charge is 0.234 e. The van der Waals surface area contributed by atoms with Gasteiger partial charge in [-0.15, -0.1) is 0 Å². The number of carbonyl (C=O) groups excluding carboxylic acids is 1. The quantitative estimate of drug-likeness (QED) is 0.693. The zero-order valence-electron chi connectivity index (χ0n) is 18.5. The largest absolute Gasteiger partial charge is 0.490 e. The van der Waals surface area contributed by atoms with E-state index in [0.29, 0.717) is 24.7 Å². The first-order valence-corrected chi connectivity index (χ1v) is 10.6. The molecular formula is C24H30F2N2O3. The lowest BCUT2D eigenvalue weighted by atomic mass is 9.95. The van der Waals surface area contributed by atoms with Crippen molar-refractivity contribution in [2.24, 2.45) is 5.92 Å². The van der Waals surface area contributed by atoms with Gasteiger partial charge in [0.2, 0.25) is 5.91 Å². The summed E-state index contributed by atoms with van der Waals surface area (Å²) in [5.41, 5.74) is 1.15. The maximum Gasteiger partial charge on any atom is 0.234 e. The van der Waals surface area contributed by atoms with Crippen molar-refractivity contribution in [1.29, 1.82) is 0 Å². The number of amides is 1. The van der Waals surface area contributed by atoms with E-state index in [2.05, 4.69) is 5.32 Å². The monoisotopic (exact) mass is 432 g/mol. The van der Waals surface area contributed by atoms with E-state index < -0.39 is 17.7 Å². The molecule has 0 saturated carbocycles. The molecule has 1 heterocycles. The molecule has 3 rings (SSSR count). The van der Waals surface area contributed by atoms with E-state index >= 15 is 0 Å². The Morgan fingerprint density at radius 3 is 2.48 bits per heavy atom. The predicted octanol–water partition coefficient (Wildman–Crippen LogP) is 4.63. The average molecular weight is 433 g/mol. The van der Waals surface area contributed by atoms with E-state index in [1.165, 1.54) is 6.07 Å². The van der Waals surface area contributed by atoms with Gasteiger partial charge in [0, 0.05) is 18.0 Å². The van der Waals surface area contributed by atoms with Crippen LogP contribution in [0.3, 0.4) is 0 Å². The first-order valence-electron chi connectivity index (χ1n) is 10.6. The number of rotatable bonds is 7. The lowest BCUT2D eigenvalue weighted by Gasteiger charge is -2.28. The van der Waals surface area contributed by atoms with Gasteiger partial charge in [-0.3, -0.25) is 9.69 Å². The van der Waals surface area contributed by atoms with Gasteiger partial charge in [0.05, 0.1) is 25.8 Å². The molecule has 31 heavy (non-hydrogen) atoms. The van der Waals surface area contributed by atoms with Gasteiger partial charge in [-0.05, 0) is 55.8 Å². The van der Waals surface area contributed by atoms with Gasteiger partial charge < -0.3 is 14.8 Å². The van der Waals surface area contributed by atoms with Gasteiger partial charge >= 0.3 is 0 Å². The highest BCUT2D eigenvalue weighted by molar-refractivity contribution is 5.78. The second-order valence-electron chi connectivity index (χ2n) is 8.30. The molecule has 2 aromatic rings. The van der Waals surface area contributed by atoms with E-state index in [1.807, 2.05) is 32.0 Å². The molecule has 5 nitrogen and oxygen atoms in total. The van der Waals surface area contributed by atoms with Gasteiger partial charge in [-0.1, -0.05) is 19.9 Å². The molecule has 0 radical (unpaired) electrons. The number of ether oxygens (including phenoxy) is 2. The van der Waals surface area contributed by atoms with Crippen LogP contribution >= 0.6 is 0 Å². The normalized spacial score (nSPS) is 15.5. The van der Waals surface area contributed by atoms with E-state index in [9.17, 15) is 13.6 Å². The molecule has 0 saturated heterocycles. The fraction of sp³-hybridized carbons (Fsp3) is 0.458. The number of benzene rings is 2. The minimum Gasteiger partial charge on any atom is -0.490 e. The van der Waals surface area contributed by atoms with Gasteiger partial charge in [0.1, 0.15) is 11.6 Å². The molecule has 1 N–H and O–H groups in total. The standard InChI is InChI=1S/C24H30F2N2O3/c1-15(2)24(17-6-9-21-22(12-17)31-11-5-10-30-21)27-23(29)14-28(4)16(3)19-13-18(25)7-8-20(19)26/h6-9,12-13,15-16,24H,5,10-11,14H2,1-4H3,(H,27,29). The van der Waals surface area contributed by atoms with Gasteiger partial charge in [-0.25, -0.2) is 8.78 Å². The second kappa shape index (κ2) is 10.1. The van der Waals surface area contributed by atoms with E-state index in [-0.39, 0.29) is 30.0 Å². The Hall–Kier alpha value is -2.67. The van der Waals surface area contributed by atoms with E-state index in [0.717, 1.165) is 24.1 Å². The van der Waals surface area contributed by atoms with Crippen LogP contribution in [0.2, 0.25) is 0 Å². The Morgan fingerprint density at radius 2 is 1.77 bits per heavy atom. The summed E-state index contributed by atoms with van der Waals surface area (Å²) in [4.78, 5) is 14.5. The molecule has 1 aliphatic rings. The SMILES string of the molecule is CC(C)C(NC(=O)CN(C)C(C)c1cc(F)ccc1F)c1ccc2c(c1)OCCCO2. The zero-order chi connectivity index (χ0) is 22.5. The Balaban J connectivity index is 1.69. The molecule has 1 amide bonds. The molecular weight excluding hydrogens is 402 g/mol. The number of hydrogen-bond donors (Lipinski definition) is 1. The third-order valence-electron chi connectivity index (χ3n) is 5.58. The van der Waals surface area contributed by atoms with Crippen LogP contribution in [0.15, 0.2) is 36.4 Å². The third kappa shape index (κ3) is 5.73. The summed E-state index contributed by atoms with van der Waals surface area (Å²) in [5, 5.41) is 3.07. The summed E-state index contributed by atoms with van der Waals surface area (Å²) in [6.07, 6.45) is 0.824. The fourth-order valence-corrected chi connectivity index (χ4v) is 3.66. The lowest BCUT2D eigenvalue weighted by Crippen LogP contribution is -2.39. The third-order valence-corrected chi connectivity index (χ3v) is 5.58. The van der Waals surface area contributed by atoms with Gasteiger partial charge in [-0.2, -0.15) is 0 Å². The molecule has 2 atom stereocenters. The number of nitrogens with one attached hydrogen (secondary N) is 1. The molecule has 2 aromatic carbocycles. The van der Waals surface area contributed by atoms with Crippen LogP contribution in [0.4, 0.5) is 8.78 Å². The highest BCUT2D eigenvalue weighted by Crippen LogP contribution is 2.34. The van der Waals surface area contributed by atoms with Crippen LogP contribution in [0, 0.1) is 17.6 Å². The molecule has 0 aromatic heterocycles. The van der Waals surface area contributed by atoms with Crippen molar-refractivity contribution in [3.8, 4) is 11.5 Å². The molecule has 0 aliphatic carbocycles. The summed E-state index contributed by atoms with van der Waals surface area (Å²) in [6, 6.07) is 8.40.